The number of hydrogen-bond acceptors (Lipinski definition) is 4. The average molecular weight is 154 g/mol. The van der Waals surface area contributed by atoms with Gasteiger partial charge in [0.2, 0.25) is 0 Å². The van der Waals surface area contributed by atoms with Gasteiger partial charge in [-0.25, -0.2) is 4.99 Å². The van der Waals surface area contributed by atoms with E-state index in [1.807, 2.05) is 0 Å². The third kappa shape index (κ3) is 2.37. The fourth-order valence-corrected chi connectivity index (χ4v) is 0.633. The second-order valence-corrected chi connectivity index (χ2v) is 1.86. The van der Waals surface area contributed by atoms with Gasteiger partial charge >= 0.3 is 5.97 Å². The van der Waals surface area contributed by atoms with Crippen LogP contribution in [0.15, 0.2) is 10.1 Å². The van der Waals surface area contributed by atoms with Crippen LogP contribution in [-0.4, -0.2) is 24.8 Å². The molecule has 0 spiro atoms. The maximum absolute atomic E-state index is 10.8. The van der Waals surface area contributed by atoms with Crippen molar-refractivity contribution in [3.05, 3.63) is 0 Å². The number of ether oxygens (including phenoxy) is 1. The molecule has 1 aliphatic heterocycles. The lowest BCUT2D eigenvalue weighted by Gasteiger charge is -1.97. The Kier molecular flexibility index (Phi) is 2.59. The van der Waals surface area contributed by atoms with E-state index in [1.54, 1.807) is 6.92 Å². The Bertz CT molecular complexity index is 210. The Morgan fingerprint density at radius 2 is 2.55 bits per heavy atom. The van der Waals surface area contributed by atoms with E-state index in [0.29, 0.717) is 12.4 Å². The van der Waals surface area contributed by atoms with Crippen LogP contribution in [0, 0.1) is 0 Å². The van der Waals surface area contributed by atoms with Crippen LogP contribution in [0.1, 0.15) is 13.3 Å². The van der Waals surface area contributed by atoms with Gasteiger partial charge in [-0.2, -0.15) is 0 Å². The Hall–Kier alpha value is -1.39. The maximum atomic E-state index is 10.8. The first kappa shape index (κ1) is 7.71. The normalized spacial score (nSPS) is 14.1. The molecule has 0 bridgehead atoms. The largest absolute Gasteiger partial charge is 0.466 e. The summed E-state index contributed by atoms with van der Waals surface area (Å²) in [5.74, 6) is 0.0870. The van der Waals surface area contributed by atoms with E-state index in [2.05, 4.69) is 20.3 Å². The number of esters is 1. The third-order valence-corrected chi connectivity index (χ3v) is 1.04. The van der Waals surface area contributed by atoms with Gasteiger partial charge in [0.15, 0.2) is 5.84 Å². The predicted molar refractivity (Wildman–Crippen MR) is 39.3 cm³/mol. The van der Waals surface area contributed by atoms with Crippen molar-refractivity contribution in [2.45, 2.75) is 13.3 Å². The van der Waals surface area contributed by atoms with Gasteiger partial charge in [0.05, 0.1) is 6.61 Å². The lowest BCUT2D eigenvalue weighted by Crippen LogP contribution is -2.08. The molecular weight excluding hydrogens is 146 g/mol. The van der Waals surface area contributed by atoms with E-state index in [1.165, 1.54) is 6.34 Å². The summed E-state index contributed by atoms with van der Waals surface area (Å²) in [5.41, 5.74) is 3.47. The highest BCUT2D eigenvalue weighted by Crippen LogP contribution is 1.95. The first-order valence-electron chi connectivity index (χ1n) is 3.27. The van der Waals surface area contributed by atoms with Crippen LogP contribution >= 0.6 is 0 Å². The molecule has 1 rings (SSSR count). The molecule has 0 amide bonds. The van der Waals surface area contributed by atoms with Crippen LogP contribution in [0.2, 0.25) is 0 Å². The van der Waals surface area contributed by atoms with E-state index < -0.39 is 0 Å². The number of rotatable bonds is 3. The monoisotopic (exact) mass is 154 g/mol. The van der Waals surface area contributed by atoms with Crippen molar-refractivity contribution in [2.24, 2.45) is 10.1 Å². The van der Waals surface area contributed by atoms with E-state index >= 15 is 0 Å². The molecule has 0 unspecified atom stereocenters. The van der Waals surface area contributed by atoms with Crippen LogP contribution in [0.5, 0.6) is 0 Å². The van der Waals surface area contributed by atoms with Gasteiger partial charge < -0.3 is 4.74 Å². The van der Waals surface area contributed by atoms with Gasteiger partial charge in [-0.1, -0.05) is 0 Å². The first-order valence-corrected chi connectivity index (χ1v) is 3.27. The summed E-state index contributed by atoms with van der Waals surface area (Å²) in [6.45, 7) is 2.13. The molecule has 0 saturated heterocycles. The van der Waals surface area contributed by atoms with E-state index in [4.69, 9.17) is 0 Å². The second-order valence-electron chi connectivity index (χ2n) is 1.86. The van der Waals surface area contributed by atoms with Gasteiger partial charge in [0.25, 0.3) is 0 Å². The van der Waals surface area contributed by atoms with E-state index in [9.17, 15) is 4.79 Å². The molecule has 11 heavy (non-hydrogen) atoms. The lowest BCUT2D eigenvalue weighted by molar-refractivity contribution is -0.141. The van der Waals surface area contributed by atoms with Gasteiger partial charge in [-0.3, -0.25) is 4.79 Å². The number of hydrogen-bond donors (Lipinski definition) is 0. The molecule has 0 aromatic carbocycles. The van der Waals surface area contributed by atoms with Gasteiger partial charge in [-0.05, 0) is 6.92 Å². The van der Waals surface area contributed by atoms with Crippen molar-refractivity contribution in [1.82, 2.24) is 5.43 Å². The molecule has 0 aromatic heterocycles. The number of carbonyl (C=O) groups is 1. The molecule has 0 aromatic rings. The Morgan fingerprint density at radius 1 is 1.73 bits per heavy atom. The summed E-state index contributed by atoms with van der Waals surface area (Å²) in [5, 5.41) is 3.58. The molecule has 5 nitrogen and oxygen atoms in total. The quantitative estimate of drug-likeness (QED) is 0.533. The molecule has 0 aliphatic carbocycles. The molecule has 1 aliphatic rings. The zero-order chi connectivity index (χ0) is 8.10. The highest BCUT2D eigenvalue weighted by atomic mass is 16.5. The summed E-state index contributed by atoms with van der Waals surface area (Å²) in [7, 11) is 0. The SMILES string of the molecule is CCOC(=O)CC1=N[N]C=N1. The van der Waals surface area contributed by atoms with Gasteiger partial charge in [0, 0.05) is 0 Å². The average Bonchev–Trinajstić information content (AvgIpc) is 2.40. The molecule has 0 atom stereocenters. The van der Waals surface area contributed by atoms with Crippen molar-refractivity contribution in [3.8, 4) is 0 Å². The topological polar surface area (TPSA) is 65.1 Å². The van der Waals surface area contributed by atoms with Crippen molar-refractivity contribution in [3.63, 3.8) is 0 Å². The third-order valence-electron chi connectivity index (χ3n) is 1.04. The van der Waals surface area contributed by atoms with Gasteiger partial charge in [-0.15, -0.1) is 10.5 Å². The maximum Gasteiger partial charge on any atom is 0.313 e. The predicted octanol–water partition coefficient (Wildman–Crippen LogP) is -0.101. The summed E-state index contributed by atoms with van der Waals surface area (Å²) in [6, 6.07) is 0. The number of amidine groups is 1. The summed E-state index contributed by atoms with van der Waals surface area (Å²) >= 11 is 0. The van der Waals surface area contributed by atoms with Gasteiger partial charge in [0.1, 0.15) is 12.8 Å². The van der Waals surface area contributed by atoms with E-state index in [0.717, 1.165) is 0 Å². The highest BCUT2D eigenvalue weighted by Gasteiger charge is 2.09. The fraction of sp³-hybridized carbons (Fsp3) is 0.500. The smallest absolute Gasteiger partial charge is 0.313 e. The molecule has 0 N–H and O–H groups in total. The number of carbonyl (C=O) groups excluding carboxylic acids is 1. The minimum absolute atomic E-state index is 0.105. The Morgan fingerprint density at radius 3 is 3.09 bits per heavy atom. The molecule has 59 valence electrons. The molecular formula is C6H8N3O2. The molecule has 0 fully saturated rings. The number of aliphatic imine (C=N–C) groups is 1. The van der Waals surface area contributed by atoms with Crippen LogP contribution < -0.4 is 5.43 Å². The summed E-state index contributed by atoms with van der Waals surface area (Å²) < 4.78 is 4.67. The second kappa shape index (κ2) is 3.70. The zero-order valence-electron chi connectivity index (χ0n) is 6.15. The summed E-state index contributed by atoms with van der Waals surface area (Å²) in [4.78, 5) is 14.5. The van der Waals surface area contributed by atoms with Crippen molar-refractivity contribution in [1.29, 1.82) is 0 Å². The molecule has 0 saturated carbocycles. The number of nitrogens with zero attached hydrogens (tertiary/aromatic N) is 3. The highest BCUT2D eigenvalue weighted by molar-refractivity contribution is 6.02. The minimum Gasteiger partial charge on any atom is -0.466 e. The van der Waals surface area contributed by atoms with Crippen molar-refractivity contribution in [2.75, 3.05) is 6.61 Å². The van der Waals surface area contributed by atoms with Crippen LogP contribution in [-0.2, 0) is 9.53 Å². The molecule has 5 heteroatoms. The van der Waals surface area contributed by atoms with E-state index in [-0.39, 0.29) is 12.4 Å². The zero-order valence-corrected chi connectivity index (χ0v) is 6.15. The van der Waals surface area contributed by atoms with Crippen LogP contribution in [0.4, 0.5) is 0 Å². The minimum atomic E-state index is -0.319. The molecule has 1 heterocycles. The fourth-order valence-electron chi connectivity index (χ4n) is 0.633. The van der Waals surface area contributed by atoms with Crippen LogP contribution in [0.3, 0.4) is 0 Å². The Balaban J connectivity index is 2.30. The van der Waals surface area contributed by atoms with Crippen LogP contribution in [0.25, 0.3) is 0 Å². The Labute approximate surface area is 64.1 Å². The lowest BCUT2D eigenvalue weighted by atomic mass is 10.4. The molecule has 1 radical (unpaired) electrons. The summed E-state index contributed by atoms with van der Waals surface area (Å²) in [6.07, 6.45) is 1.41. The van der Waals surface area contributed by atoms with Crippen molar-refractivity contribution < 1.29 is 9.53 Å². The first-order chi connectivity index (χ1) is 5.33. The van der Waals surface area contributed by atoms with Crippen molar-refractivity contribution >= 4 is 18.1 Å². The standard InChI is InChI=1S/C6H8N3O2/c1-2-11-6(10)3-5-7-4-8-9-5/h4H,2-3H2,1H3.